The molecule has 4 aliphatic carbocycles. The number of anilines is 2. The Labute approximate surface area is 165 Å². The SMILES string of the molecule is CC(=O)N(C)c1cccc(NC(=S)NC(=O)C23CC4CC(CC(C4)C2)C3)c1. The first kappa shape index (κ1) is 18.4. The summed E-state index contributed by atoms with van der Waals surface area (Å²) in [4.78, 5) is 26.2. The molecule has 4 fully saturated rings. The van der Waals surface area contributed by atoms with Crippen LogP contribution in [-0.2, 0) is 9.59 Å². The maximum absolute atomic E-state index is 13.1. The average molecular weight is 386 g/mol. The van der Waals surface area contributed by atoms with Crippen molar-refractivity contribution in [2.24, 2.45) is 23.2 Å². The molecule has 5 rings (SSSR count). The van der Waals surface area contributed by atoms with Crippen molar-refractivity contribution in [3.63, 3.8) is 0 Å². The minimum atomic E-state index is -0.211. The number of rotatable bonds is 3. The number of nitrogens with one attached hydrogen (secondary N) is 2. The van der Waals surface area contributed by atoms with E-state index >= 15 is 0 Å². The Morgan fingerprint density at radius 1 is 1.11 bits per heavy atom. The largest absolute Gasteiger partial charge is 0.332 e. The topological polar surface area (TPSA) is 61.4 Å². The lowest BCUT2D eigenvalue weighted by atomic mass is 9.49. The van der Waals surface area contributed by atoms with Crippen LogP contribution in [-0.4, -0.2) is 24.0 Å². The lowest BCUT2D eigenvalue weighted by molar-refractivity contribution is -0.144. The summed E-state index contributed by atoms with van der Waals surface area (Å²) in [5.74, 6) is 2.23. The summed E-state index contributed by atoms with van der Waals surface area (Å²) in [7, 11) is 1.73. The Kier molecular flexibility index (Phi) is 4.70. The molecule has 0 heterocycles. The van der Waals surface area contributed by atoms with Gasteiger partial charge in [-0.2, -0.15) is 0 Å². The van der Waals surface area contributed by atoms with E-state index < -0.39 is 0 Å². The molecule has 4 bridgehead atoms. The van der Waals surface area contributed by atoms with Crippen molar-refractivity contribution < 1.29 is 9.59 Å². The van der Waals surface area contributed by atoms with Gasteiger partial charge in [0.25, 0.3) is 0 Å². The van der Waals surface area contributed by atoms with Crippen molar-refractivity contribution >= 4 is 40.5 Å². The van der Waals surface area contributed by atoms with Crippen molar-refractivity contribution in [2.45, 2.75) is 45.4 Å². The molecule has 4 aliphatic rings. The lowest BCUT2D eigenvalue weighted by Gasteiger charge is -2.55. The van der Waals surface area contributed by atoms with Crippen LogP contribution in [0.25, 0.3) is 0 Å². The summed E-state index contributed by atoms with van der Waals surface area (Å²) in [6.07, 6.45) is 6.99. The summed E-state index contributed by atoms with van der Waals surface area (Å²) in [5.41, 5.74) is 1.33. The smallest absolute Gasteiger partial charge is 0.232 e. The predicted molar refractivity (Wildman–Crippen MR) is 110 cm³/mol. The molecular weight excluding hydrogens is 358 g/mol. The minimum Gasteiger partial charge on any atom is -0.332 e. The molecule has 144 valence electrons. The third-order valence-electron chi connectivity index (χ3n) is 6.71. The highest BCUT2D eigenvalue weighted by molar-refractivity contribution is 7.80. The van der Waals surface area contributed by atoms with E-state index in [2.05, 4.69) is 10.6 Å². The molecule has 0 radical (unpaired) electrons. The number of amides is 2. The Balaban J connectivity index is 1.41. The average Bonchev–Trinajstić information content (AvgIpc) is 2.60. The van der Waals surface area contributed by atoms with Crippen LogP contribution in [0.2, 0.25) is 0 Å². The zero-order valence-electron chi connectivity index (χ0n) is 16.0. The van der Waals surface area contributed by atoms with Gasteiger partial charge < -0.3 is 15.5 Å². The highest BCUT2D eigenvalue weighted by atomic mass is 32.1. The second kappa shape index (κ2) is 6.89. The van der Waals surface area contributed by atoms with Crippen LogP contribution < -0.4 is 15.5 Å². The van der Waals surface area contributed by atoms with E-state index in [1.54, 1.807) is 11.9 Å². The van der Waals surface area contributed by atoms with Crippen molar-refractivity contribution in [1.82, 2.24) is 5.32 Å². The fourth-order valence-corrected chi connectivity index (χ4v) is 5.97. The number of carbonyl (C=O) groups is 2. The van der Waals surface area contributed by atoms with E-state index in [0.717, 1.165) is 48.4 Å². The maximum Gasteiger partial charge on any atom is 0.232 e. The summed E-state index contributed by atoms with van der Waals surface area (Å²) >= 11 is 5.40. The van der Waals surface area contributed by atoms with Crippen molar-refractivity contribution in [2.75, 3.05) is 17.3 Å². The number of thiocarbonyl (C=S) groups is 1. The Hall–Kier alpha value is -1.95. The summed E-state index contributed by atoms with van der Waals surface area (Å²) in [6, 6.07) is 7.45. The maximum atomic E-state index is 13.1. The number of carbonyl (C=O) groups excluding carboxylic acids is 2. The van der Waals surface area contributed by atoms with E-state index in [-0.39, 0.29) is 17.2 Å². The molecule has 1 aromatic rings. The fourth-order valence-electron chi connectivity index (χ4n) is 5.76. The zero-order valence-corrected chi connectivity index (χ0v) is 16.8. The quantitative estimate of drug-likeness (QED) is 0.779. The van der Waals surface area contributed by atoms with Crippen LogP contribution >= 0.6 is 12.2 Å². The van der Waals surface area contributed by atoms with Gasteiger partial charge >= 0.3 is 0 Å². The zero-order chi connectivity index (χ0) is 19.2. The summed E-state index contributed by atoms with van der Waals surface area (Å²) < 4.78 is 0. The molecule has 0 saturated heterocycles. The van der Waals surface area contributed by atoms with Crippen molar-refractivity contribution in [3.05, 3.63) is 24.3 Å². The van der Waals surface area contributed by atoms with E-state index in [4.69, 9.17) is 12.2 Å². The van der Waals surface area contributed by atoms with Gasteiger partial charge in [-0.05, 0) is 86.7 Å². The normalized spacial score (nSPS) is 30.7. The van der Waals surface area contributed by atoms with Gasteiger partial charge in [0.15, 0.2) is 5.11 Å². The Morgan fingerprint density at radius 2 is 1.70 bits per heavy atom. The first-order valence-electron chi connectivity index (χ1n) is 9.81. The molecule has 4 saturated carbocycles. The van der Waals surface area contributed by atoms with E-state index in [9.17, 15) is 9.59 Å². The number of benzene rings is 1. The predicted octanol–water partition coefficient (Wildman–Crippen LogP) is 3.70. The second-order valence-corrected chi connectivity index (χ2v) is 9.14. The third-order valence-corrected chi connectivity index (χ3v) is 6.91. The van der Waals surface area contributed by atoms with E-state index in [1.807, 2.05) is 24.3 Å². The van der Waals surface area contributed by atoms with Crippen LogP contribution in [0.15, 0.2) is 24.3 Å². The van der Waals surface area contributed by atoms with Crippen LogP contribution in [0.4, 0.5) is 11.4 Å². The number of hydrogen-bond donors (Lipinski definition) is 2. The molecule has 0 spiro atoms. The highest BCUT2D eigenvalue weighted by Gasteiger charge is 2.54. The number of nitrogens with zero attached hydrogens (tertiary/aromatic N) is 1. The highest BCUT2D eigenvalue weighted by Crippen LogP contribution is 2.60. The Morgan fingerprint density at radius 3 is 2.26 bits per heavy atom. The molecule has 2 N–H and O–H groups in total. The van der Waals surface area contributed by atoms with Gasteiger partial charge in [0.05, 0.1) is 5.41 Å². The second-order valence-electron chi connectivity index (χ2n) is 8.73. The van der Waals surface area contributed by atoms with Crippen LogP contribution in [0, 0.1) is 23.2 Å². The van der Waals surface area contributed by atoms with E-state index in [0.29, 0.717) is 5.11 Å². The molecule has 27 heavy (non-hydrogen) atoms. The minimum absolute atomic E-state index is 0.0372. The molecule has 2 amide bonds. The van der Waals surface area contributed by atoms with Gasteiger partial charge in [-0.1, -0.05) is 6.07 Å². The van der Waals surface area contributed by atoms with Gasteiger partial charge in [-0.15, -0.1) is 0 Å². The monoisotopic (exact) mass is 385 g/mol. The van der Waals surface area contributed by atoms with Crippen LogP contribution in [0.5, 0.6) is 0 Å². The summed E-state index contributed by atoms with van der Waals surface area (Å²) in [6.45, 7) is 1.52. The van der Waals surface area contributed by atoms with Gasteiger partial charge in [0, 0.05) is 25.3 Å². The standard InChI is InChI=1S/C21H27N3O2S/c1-13(25)24(2)18-5-3-4-17(9-18)22-20(27)23-19(26)21-10-14-6-15(11-21)8-16(7-14)12-21/h3-5,9,14-16H,6-8,10-12H2,1-2H3,(H2,22,23,26,27). The van der Waals surface area contributed by atoms with E-state index in [1.165, 1.54) is 26.2 Å². The molecule has 5 nitrogen and oxygen atoms in total. The first-order valence-corrected chi connectivity index (χ1v) is 10.2. The molecular formula is C21H27N3O2S. The van der Waals surface area contributed by atoms with Crippen LogP contribution in [0.1, 0.15) is 45.4 Å². The Bertz CT molecular complexity index is 756. The molecule has 0 unspecified atom stereocenters. The third kappa shape index (κ3) is 3.59. The van der Waals surface area contributed by atoms with Gasteiger partial charge in [0.1, 0.15) is 0 Å². The fraction of sp³-hybridized carbons (Fsp3) is 0.571. The summed E-state index contributed by atoms with van der Waals surface area (Å²) in [5, 5.41) is 6.39. The molecule has 0 aromatic heterocycles. The first-order chi connectivity index (χ1) is 12.8. The molecule has 0 atom stereocenters. The van der Waals surface area contributed by atoms with Crippen molar-refractivity contribution in [3.8, 4) is 0 Å². The van der Waals surface area contributed by atoms with Gasteiger partial charge in [-0.3, -0.25) is 9.59 Å². The van der Waals surface area contributed by atoms with Gasteiger partial charge in [0.2, 0.25) is 11.8 Å². The van der Waals surface area contributed by atoms with Crippen molar-refractivity contribution in [1.29, 1.82) is 0 Å². The lowest BCUT2D eigenvalue weighted by Crippen LogP contribution is -2.55. The molecule has 6 heteroatoms. The van der Waals surface area contributed by atoms with Crippen LogP contribution in [0.3, 0.4) is 0 Å². The molecule has 1 aromatic carbocycles. The van der Waals surface area contributed by atoms with Gasteiger partial charge in [-0.25, -0.2) is 0 Å². The number of hydrogen-bond acceptors (Lipinski definition) is 3. The molecule has 0 aliphatic heterocycles.